The maximum atomic E-state index is 12.9. The number of nitrogens with one attached hydrogen (secondary N) is 1. The van der Waals surface area contributed by atoms with Gasteiger partial charge in [-0.15, -0.1) is 6.42 Å². The molecule has 0 saturated carbocycles. The van der Waals surface area contributed by atoms with E-state index in [1.807, 2.05) is 42.5 Å². The van der Waals surface area contributed by atoms with Gasteiger partial charge in [-0.25, -0.2) is 4.98 Å². The Bertz CT molecular complexity index is 1000. The molecular weight excluding hydrogens is 334 g/mol. The van der Waals surface area contributed by atoms with E-state index >= 15 is 0 Å². The number of benzene rings is 2. The molecule has 1 N–H and O–H groups in total. The predicted molar refractivity (Wildman–Crippen MR) is 101 cm³/mol. The second-order valence-electron chi connectivity index (χ2n) is 5.53. The second-order valence-corrected chi connectivity index (χ2v) is 5.89. The number of hydrogen-bond acceptors (Lipinski definition) is 3. The lowest BCUT2D eigenvalue weighted by molar-refractivity contribution is 0.721. The zero-order valence-electron chi connectivity index (χ0n) is 13.7. The Labute approximate surface area is 151 Å². The zero-order chi connectivity index (χ0) is 17.8. The summed E-state index contributed by atoms with van der Waals surface area (Å²) in [5.74, 6) is 2.73. The summed E-state index contributed by atoms with van der Waals surface area (Å²) in [6, 6.07) is 17.0. The van der Waals surface area contributed by atoms with Gasteiger partial charge in [0.1, 0.15) is 0 Å². The first kappa shape index (κ1) is 16.8. The minimum absolute atomic E-state index is 0.147. The van der Waals surface area contributed by atoms with Crippen molar-refractivity contribution in [2.24, 2.45) is 0 Å². The van der Waals surface area contributed by atoms with Crippen LogP contribution in [0.3, 0.4) is 0 Å². The molecule has 0 aliphatic carbocycles. The van der Waals surface area contributed by atoms with E-state index < -0.39 is 0 Å². The fraction of sp³-hybridized carbons (Fsp3) is 0.100. The van der Waals surface area contributed by atoms with Crippen LogP contribution in [0, 0.1) is 19.3 Å². The normalized spacial score (nSPS) is 10.3. The van der Waals surface area contributed by atoms with Crippen molar-refractivity contribution in [3.63, 3.8) is 0 Å². The van der Waals surface area contributed by atoms with E-state index in [2.05, 4.69) is 16.2 Å². The average Bonchev–Trinajstić information content (AvgIpc) is 2.64. The molecule has 0 fully saturated rings. The first-order chi connectivity index (χ1) is 12.1. The van der Waals surface area contributed by atoms with Crippen LogP contribution in [-0.4, -0.2) is 9.55 Å². The molecule has 3 aromatic rings. The second kappa shape index (κ2) is 7.25. The van der Waals surface area contributed by atoms with Crippen LogP contribution in [0.5, 0.6) is 0 Å². The number of nitrogens with zero attached hydrogens (tertiary/aromatic N) is 2. The quantitative estimate of drug-likeness (QED) is 0.725. The summed E-state index contributed by atoms with van der Waals surface area (Å²) < 4.78 is 1.60. The Morgan fingerprint density at radius 3 is 2.56 bits per heavy atom. The van der Waals surface area contributed by atoms with Crippen molar-refractivity contribution in [3.8, 4) is 12.3 Å². The highest BCUT2D eigenvalue weighted by Crippen LogP contribution is 2.20. The third-order valence-corrected chi connectivity index (χ3v) is 4.24. The fourth-order valence-electron chi connectivity index (χ4n) is 2.50. The maximum absolute atomic E-state index is 12.9. The van der Waals surface area contributed by atoms with Crippen LogP contribution in [0.2, 0.25) is 5.15 Å². The third-order valence-electron chi connectivity index (χ3n) is 3.88. The summed E-state index contributed by atoms with van der Waals surface area (Å²) in [6.07, 6.45) is 5.51. The van der Waals surface area contributed by atoms with E-state index in [4.69, 9.17) is 18.0 Å². The summed E-state index contributed by atoms with van der Waals surface area (Å²) in [4.78, 5) is 17.1. The smallest absolute Gasteiger partial charge is 0.294 e. The standard InChI is InChI=1S/C20H16ClN3O/c1-3-16-11-7-8-12-17(16)22-19-20(25)24(14(2)18(21)23-19)13-15-9-5-4-6-10-15/h1,4-12H,13H2,2H3,(H,22,23). The first-order valence-electron chi connectivity index (χ1n) is 7.73. The zero-order valence-corrected chi connectivity index (χ0v) is 14.4. The van der Waals surface area contributed by atoms with Gasteiger partial charge in [0.05, 0.1) is 17.9 Å². The lowest BCUT2D eigenvalue weighted by Crippen LogP contribution is -2.27. The van der Waals surface area contributed by atoms with Gasteiger partial charge in [-0.3, -0.25) is 4.79 Å². The number of hydrogen-bond donors (Lipinski definition) is 1. The Balaban J connectivity index is 2.04. The number of para-hydroxylation sites is 1. The van der Waals surface area contributed by atoms with Crippen LogP contribution in [0.25, 0.3) is 0 Å². The van der Waals surface area contributed by atoms with Gasteiger partial charge >= 0.3 is 0 Å². The minimum Gasteiger partial charge on any atom is -0.335 e. The van der Waals surface area contributed by atoms with Gasteiger partial charge in [-0.05, 0) is 24.6 Å². The molecule has 0 aliphatic heterocycles. The number of rotatable bonds is 4. The molecule has 124 valence electrons. The number of anilines is 2. The van der Waals surface area contributed by atoms with Gasteiger partial charge in [0.15, 0.2) is 11.0 Å². The third kappa shape index (κ3) is 3.57. The number of terminal acetylenes is 1. The molecule has 0 spiro atoms. The van der Waals surface area contributed by atoms with E-state index in [1.54, 1.807) is 23.6 Å². The van der Waals surface area contributed by atoms with Crippen molar-refractivity contribution in [1.29, 1.82) is 0 Å². The van der Waals surface area contributed by atoms with Crippen molar-refractivity contribution in [2.45, 2.75) is 13.5 Å². The molecule has 0 amide bonds. The number of aromatic nitrogens is 2. The molecule has 4 nitrogen and oxygen atoms in total. The fourth-order valence-corrected chi connectivity index (χ4v) is 2.69. The van der Waals surface area contributed by atoms with Gasteiger partial charge in [0.25, 0.3) is 5.56 Å². The van der Waals surface area contributed by atoms with E-state index in [1.165, 1.54) is 0 Å². The topological polar surface area (TPSA) is 46.9 Å². The highest BCUT2D eigenvalue weighted by molar-refractivity contribution is 6.30. The van der Waals surface area contributed by atoms with Crippen LogP contribution < -0.4 is 10.9 Å². The van der Waals surface area contributed by atoms with Gasteiger partial charge < -0.3 is 9.88 Å². The van der Waals surface area contributed by atoms with E-state index in [0.29, 0.717) is 23.5 Å². The maximum Gasteiger partial charge on any atom is 0.294 e. The molecular formula is C20H16ClN3O. The molecule has 3 rings (SSSR count). The summed E-state index contributed by atoms with van der Waals surface area (Å²) >= 11 is 6.25. The van der Waals surface area contributed by atoms with Gasteiger partial charge in [-0.2, -0.15) is 0 Å². The van der Waals surface area contributed by atoms with Gasteiger partial charge in [0, 0.05) is 5.56 Å². The molecule has 0 saturated heterocycles. The van der Waals surface area contributed by atoms with Crippen LogP contribution in [-0.2, 0) is 6.54 Å². The molecule has 2 aromatic carbocycles. The van der Waals surface area contributed by atoms with Crippen molar-refractivity contribution < 1.29 is 0 Å². The Morgan fingerprint density at radius 1 is 1.16 bits per heavy atom. The largest absolute Gasteiger partial charge is 0.335 e. The molecule has 0 aliphatic rings. The lowest BCUT2D eigenvalue weighted by atomic mass is 10.2. The van der Waals surface area contributed by atoms with Crippen LogP contribution in [0.15, 0.2) is 59.4 Å². The minimum atomic E-state index is -0.252. The summed E-state index contributed by atoms with van der Waals surface area (Å²) in [5.41, 5.74) is 2.66. The predicted octanol–water partition coefficient (Wildman–Crippen LogP) is 3.98. The van der Waals surface area contributed by atoms with Crippen molar-refractivity contribution in [2.75, 3.05) is 5.32 Å². The molecule has 0 unspecified atom stereocenters. The number of halogens is 1. The molecule has 1 aromatic heterocycles. The summed E-state index contributed by atoms with van der Waals surface area (Å²) in [7, 11) is 0. The van der Waals surface area contributed by atoms with Crippen molar-refractivity contribution >= 4 is 23.1 Å². The molecule has 25 heavy (non-hydrogen) atoms. The Kier molecular flexibility index (Phi) is 4.87. The first-order valence-corrected chi connectivity index (χ1v) is 8.11. The van der Waals surface area contributed by atoms with Crippen LogP contribution in [0.4, 0.5) is 11.5 Å². The van der Waals surface area contributed by atoms with E-state index in [0.717, 1.165) is 5.56 Å². The highest BCUT2D eigenvalue weighted by atomic mass is 35.5. The molecule has 0 bridgehead atoms. The van der Waals surface area contributed by atoms with Crippen molar-refractivity contribution in [3.05, 3.63) is 86.9 Å². The van der Waals surface area contributed by atoms with Crippen LogP contribution in [0.1, 0.15) is 16.8 Å². The van der Waals surface area contributed by atoms with E-state index in [-0.39, 0.29) is 16.5 Å². The molecule has 5 heteroatoms. The van der Waals surface area contributed by atoms with Gasteiger partial charge in [-0.1, -0.05) is 60.0 Å². The van der Waals surface area contributed by atoms with Crippen molar-refractivity contribution in [1.82, 2.24) is 9.55 Å². The van der Waals surface area contributed by atoms with Gasteiger partial charge in [0.2, 0.25) is 0 Å². The SMILES string of the molecule is C#Cc1ccccc1Nc1nc(Cl)c(C)n(Cc2ccccc2)c1=O. The molecule has 1 heterocycles. The average molecular weight is 350 g/mol. The van der Waals surface area contributed by atoms with E-state index in [9.17, 15) is 4.79 Å². The summed E-state index contributed by atoms with van der Waals surface area (Å²) in [6.45, 7) is 2.19. The Hall–Kier alpha value is -3.03. The summed E-state index contributed by atoms with van der Waals surface area (Å²) in [5, 5.41) is 3.29. The highest BCUT2D eigenvalue weighted by Gasteiger charge is 2.14. The van der Waals surface area contributed by atoms with Crippen LogP contribution >= 0.6 is 11.6 Å². The molecule has 0 atom stereocenters. The Morgan fingerprint density at radius 2 is 1.84 bits per heavy atom. The molecule has 0 radical (unpaired) electrons. The lowest BCUT2D eigenvalue weighted by Gasteiger charge is -2.14. The monoisotopic (exact) mass is 349 g/mol.